The first kappa shape index (κ1) is 18.4. The first-order valence-electron chi connectivity index (χ1n) is 8.34. The number of anilines is 1. The van der Waals surface area contributed by atoms with Crippen LogP contribution in [0.5, 0.6) is 0 Å². The number of benzene rings is 2. The normalized spacial score (nSPS) is 12.3. The second kappa shape index (κ2) is 8.33. The van der Waals surface area contributed by atoms with Gasteiger partial charge in [-0.15, -0.1) is 0 Å². The predicted octanol–water partition coefficient (Wildman–Crippen LogP) is 3.31. The number of aromatic nitrogens is 2. The summed E-state index contributed by atoms with van der Waals surface area (Å²) in [5.41, 5.74) is 8.67. The molecule has 0 aliphatic heterocycles. The molecule has 0 saturated carbocycles. The van der Waals surface area contributed by atoms with Crippen molar-refractivity contribution >= 4 is 34.4 Å². The first-order valence-corrected chi connectivity index (χ1v) is 9.73. The zero-order valence-electron chi connectivity index (χ0n) is 14.5. The maximum absolute atomic E-state index is 13.8. The number of nitrogens with one attached hydrogen (secondary N) is 2. The Bertz CT molecular complexity index is 911. The summed E-state index contributed by atoms with van der Waals surface area (Å²) in [5.74, 6) is 1.06. The van der Waals surface area contributed by atoms with Gasteiger partial charge in [-0.05, 0) is 48.3 Å². The van der Waals surface area contributed by atoms with Gasteiger partial charge in [-0.1, -0.05) is 18.2 Å². The molecule has 0 radical (unpaired) electrons. The largest absolute Gasteiger partial charge is 0.342 e. The molecule has 1 aromatic heterocycles. The van der Waals surface area contributed by atoms with Crippen molar-refractivity contribution in [2.45, 2.75) is 18.9 Å². The maximum Gasteiger partial charge on any atom is 0.241 e. The third kappa shape index (κ3) is 4.42. The molecule has 4 N–H and O–H groups in total. The van der Waals surface area contributed by atoms with E-state index < -0.39 is 6.04 Å². The lowest BCUT2D eigenvalue weighted by Crippen LogP contribution is -2.36. The number of thioether (sulfide) groups is 1. The van der Waals surface area contributed by atoms with Gasteiger partial charge >= 0.3 is 0 Å². The molecule has 0 bridgehead atoms. The summed E-state index contributed by atoms with van der Waals surface area (Å²) < 4.78 is 13.8. The summed E-state index contributed by atoms with van der Waals surface area (Å²) in [6, 6.07) is 11.5. The standard InChI is InChI=1S/C19H21FN4OS/c1-26-9-8-15(21)19(25)22-13-6-7-16-17(11-13)24-18(23-16)10-12-4-2-3-5-14(12)20/h2-7,11,15H,8-10,21H2,1H3,(H,22,25)(H,23,24)/t15-/m0/s1. The van der Waals surface area contributed by atoms with Crippen LogP contribution in [0.15, 0.2) is 42.5 Å². The quantitative estimate of drug-likeness (QED) is 0.594. The van der Waals surface area contributed by atoms with Crippen molar-refractivity contribution in [1.29, 1.82) is 0 Å². The number of carbonyl (C=O) groups excluding carboxylic acids is 1. The van der Waals surface area contributed by atoms with Crippen LogP contribution in [0.1, 0.15) is 17.8 Å². The Morgan fingerprint density at radius 2 is 2.15 bits per heavy atom. The number of amides is 1. The first-order chi connectivity index (χ1) is 12.6. The van der Waals surface area contributed by atoms with Crippen molar-refractivity contribution in [2.75, 3.05) is 17.3 Å². The summed E-state index contributed by atoms with van der Waals surface area (Å²) in [4.78, 5) is 19.8. The van der Waals surface area contributed by atoms with Gasteiger partial charge in [0.05, 0.1) is 17.1 Å². The van der Waals surface area contributed by atoms with E-state index >= 15 is 0 Å². The Hall–Kier alpha value is -2.38. The third-order valence-electron chi connectivity index (χ3n) is 4.08. The van der Waals surface area contributed by atoms with E-state index in [1.54, 1.807) is 36.0 Å². The van der Waals surface area contributed by atoms with E-state index in [-0.39, 0.29) is 11.7 Å². The van der Waals surface area contributed by atoms with E-state index in [0.29, 0.717) is 29.9 Å². The molecule has 2 aromatic carbocycles. The molecule has 1 amide bonds. The van der Waals surface area contributed by atoms with Crippen LogP contribution >= 0.6 is 11.8 Å². The van der Waals surface area contributed by atoms with Gasteiger partial charge in [-0.3, -0.25) is 4.79 Å². The molecular weight excluding hydrogens is 351 g/mol. The van der Waals surface area contributed by atoms with Gasteiger partial charge in [0.25, 0.3) is 0 Å². The molecule has 0 spiro atoms. The lowest BCUT2D eigenvalue weighted by Gasteiger charge is -2.11. The van der Waals surface area contributed by atoms with Crippen LogP contribution in [0, 0.1) is 5.82 Å². The summed E-state index contributed by atoms with van der Waals surface area (Å²) in [5, 5.41) is 2.83. The highest BCUT2D eigenvalue weighted by molar-refractivity contribution is 7.98. The van der Waals surface area contributed by atoms with Crippen LogP contribution in [-0.4, -0.2) is 33.9 Å². The van der Waals surface area contributed by atoms with Crippen LogP contribution < -0.4 is 11.1 Å². The zero-order chi connectivity index (χ0) is 18.5. The number of halogens is 1. The van der Waals surface area contributed by atoms with Crippen LogP contribution in [0.25, 0.3) is 11.0 Å². The molecule has 0 fully saturated rings. The van der Waals surface area contributed by atoms with E-state index in [1.807, 2.05) is 18.4 Å². The average molecular weight is 372 g/mol. The Balaban J connectivity index is 1.73. The van der Waals surface area contributed by atoms with Gasteiger partial charge in [0.2, 0.25) is 5.91 Å². The smallest absolute Gasteiger partial charge is 0.241 e. The van der Waals surface area contributed by atoms with Crippen LogP contribution in [-0.2, 0) is 11.2 Å². The van der Waals surface area contributed by atoms with Crippen LogP contribution in [0.2, 0.25) is 0 Å². The van der Waals surface area contributed by atoms with Crippen molar-refractivity contribution in [3.05, 3.63) is 59.7 Å². The predicted molar refractivity (Wildman–Crippen MR) is 105 cm³/mol. The molecule has 136 valence electrons. The van der Waals surface area contributed by atoms with Crippen molar-refractivity contribution < 1.29 is 9.18 Å². The Morgan fingerprint density at radius 3 is 2.92 bits per heavy atom. The SMILES string of the molecule is CSCC[C@H](N)C(=O)Nc1ccc2nc(Cc3ccccc3F)[nH]c2c1. The number of fused-ring (bicyclic) bond motifs is 1. The lowest BCUT2D eigenvalue weighted by atomic mass is 10.1. The highest BCUT2D eigenvalue weighted by atomic mass is 32.2. The monoisotopic (exact) mass is 372 g/mol. The number of carbonyl (C=O) groups is 1. The summed E-state index contributed by atoms with van der Waals surface area (Å²) in [7, 11) is 0. The Kier molecular flexibility index (Phi) is 5.90. The summed E-state index contributed by atoms with van der Waals surface area (Å²) >= 11 is 1.66. The molecule has 3 rings (SSSR count). The van der Waals surface area contributed by atoms with Gasteiger partial charge in [0, 0.05) is 12.1 Å². The molecule has 7 heteroatoms. The molecule has 3 aromatic rings. The molecule has 1 heterocycles. The average Bonchev–Trinajstić information content (AvgIpc) is 3.03. The van der Waals surface area contributed by atoms with E-state index in [4.69, 9.17) is 5.73 Å². The summed E-state index contributed by atoms with van der Waals surface area (Å²) in [6.07, 6.45) is 2.99. The van der Waals surface area contributed by atoms with E-state index in [0.717, 1.165) is 16.8 Å². The molecule has 26 heavy (non-hydrogen) atoms. The molecule has 0 aliphatic rings. The molecule has 5 nitrogen and oxygen atoms in total. The van der Waals surface area contributed by atoms with Gasteiger partial charge in [0.15, 0.2) is 0 Å². The zero-order valence-corrected chi connectivity index (χ0v) is 15.3. The number of aromatic amines is 1. The minimum atomic E-state index is -0.531. The van der Waals surface area contributed by atoms with Crippen LogP contribution in [0.4, 0.5) is 10.1 Å². The fourth-order valence-corrected chi connectivity index (χ4v) is 3.15. The second-order valence-corrected chi connectivity index (χ2v) is 7.05. The number of H-pyrrole nitrogens is 1. The van der Waals surface area contributed by atoms with Gasteiger partial charge in [-0.25, -0.2) is 9.37 Å². The lowest BCUT2D eigenvalue weighted by molar-refractivity contribution is -0.117. The minimum Gasteiger partial charge on any atom is -0.342 e. The number of hydrogen-bond donors (Lipinski definition) is 3. The van der Waals surface area contributed by atoms with Gasteiger partial charge in [0.1, 0.15) is 11.6 Å². The fourth-order valence-electron chi connectivity index (χ4n) is 2.66. The number of hydrogen-bond acceptors (Lipinski definition) is 4. The fraction of sp³-hybridized carbons (Fsp3) is 0.263. The molecular formula is C19H21FN4OS. The van der Waals surface area contributed by atoms with Crippen LogP contribution in [0.3, 0.4) is 0 Å². The number of nitrogens with zero attached hydrogens (tertiary/aromatic N) is 1. The summed E-state index contributed by atoms with van der Waals surface area (Å²) in [6.45, 7) is 0. The van der Waals surface area contributed by atoms with Crippen molar-refractivity contribution in [3.8, 4) is 0 Å². The van der Waals surface area contributed by atoms with Gasteiger partial charge < -0.3 is 16.0 Å². The highest BCUT2D eigenvalue weighted by Gasteiger charge is 2.14. The van der Waals surface area contributed by atoms with E-state index in [9.17, 15) is 9.18 Å². The minimum absolute atomic E-state index is 0.204. The number of imidazole rings is 1. The number of rotatable bonds is 7. The van der Waals surface area contributed by atoms with E-state index in [1.165, 1.54) is 6.07 Å². The third-order valence-corrected chi connectivity index (χ3v) is 4.73. The Labute approximate surface area is 155 Å². The molecule has 0 saturated heterocycles. The van der Waals surface area contributed by atoms with Gasteiger partial charge in [-0.2, -0.15) is 11.8 Å². The number of nitrogens with two attached hydrogens (primary N) is 1. The molecule has 0 aliphatic carbocycles. The highest BCUT2D eigenvalue weighted by Crippen LogP contribution is 2.19. The van der Waals surface area contributed by atoms with Crippen molar-refractivity contribution in [3.63, 3.8) is 0 Å². The molecule has 1 atom stereocenters. The second-order valence-electron chi connectivity index (χ2n) is 6.06. The van der Waals surface area contributed by atoms with E-state index in [2.05, 4.69) is 15.3 Å². The molecule has 0 unspecified atom stereocenters. The van der Waals surface area contributed by atoms with Crippen molar-refractivity contribution in [2.24, 2.45) is 5.73 Å². The maximum atomic E-state index is 13.8. The Morgan fingerprint density at radius 1 is 1.35 bits per heavy atom. The topological polar surface area (TPSA) is 83.8 Å². The van der Waals surface area contributed by atoms with Crippen molar-refractivity contribution in [1.82, 2.24) is 9.97 Å².